The summed E-state index contributed by atoms with van der Waals surface area (Å²) < 4.78 is 2.50. The van der Waals surface area contributed by atoms with Crippen LogP contribution >= 0.6 is 11.9 Å². The Hall–Kier alpha value is 0.310. The van der Waals surface area contributed by atoms with Gasteiger partial charge in [0.15, 0.2) is 0 Å². The topological polar surface area (TPSA) is 3.24 Å². The van der Waals surface area contributed by atoms with Gasteiger partial charge in [-0.3, -0.25) is 4.31 Å². The number of rotatable bonds is 7. The fraction of sp³-hybridized carbons (Fsp3) is 1.00. The summed E-state index contributed by atoms with van der Waals surface area (Å²) in [4.78, 5) is 0. The van der Waals surface area contributed by atoms with Crippen molar-refractivity contribution in [2.45, 2.75) is 54.4 Å². The predicted octanol–water partition coefficient (Wildman–Crippen LogP) is 4.44. The molecule has 0 bridgehead atoms. The van der Waals surface area contributed by atoms with Gasteiger partial charge in [0.25, 0.3) is 0 Å². The second kappa shape index (κ2) is 13.3. The molecule has 1 nitrogen and oxygen atoms in total. The summed E-state index contributed by atoms with van der Waals surface area (Å²) in [6, 6.07) is 0. The van der Waals surface area contributed by atoms with Gasteiger partial charge in [-0.2, -0.15) is 0 Å². The van der Waals surface area contributed by atoms with Crippen molar-refractivity contribution < 1.29 is 0 Å². The molecule has 0 aliphatic heterocycles. The lowest BCUT2D eigenvalue weighted by molar-refractivity contribution is 0.465. The smallest absolute Gasteiger partial charge is 0.0104 e. The van der Waals surface area contributed by atoms with E-state index >= 15 is 0 Å². The van der Waals surface area contributed by atoms with E-state index in [9.17, 15) is 0 Å². The molecule has 0 heterocycles. The average molecular weight is 219 g/mol. The molecule has 0 aromatic rings. The standard InChI is InChI=1S/C10H23NS.C2H6/c1-5-7-11(8-6-2)12-9-10(3)4;1-2/h10H,5-9H2,1-4H3;1-2H3. The molecular formula is C12H29NS. The van der Waals surface area contributed by atoms with E-state index in [1.54, 1.807) is 0 Å². The Morgan fingerprint density at radius 1 is 1.00 bits per heavy atom. The summed E-state index contributed by atoms with van der Waals surface area (Å²) in [5, 5.41) is 0. The molecule has 0 unspecified atom stereocenters. The summed E-state index contributed by atoms with van der Waals surface area (Å²) in [6.45, 7) is 15.5. The summed E-state index contributed by atoms with van der Waals surface area (Å²) in [6.07, 6.45) is 2.54. The Morgan fingerprint density at radius 2 is 1.43 bits per heavy atom. The number of hydrogen-bond donors (Lipinski definition) is 0. The molecule has 0 aromatic carbocycles. The summed E-state index contributed by atoms with van der Waals surface area (Å²) in [5.41, 5.74) is 0. The van der Waals surface area contributed by atoms with Crippen LogP contribution in [0.4, 0.5) is 0 Å². The van der Waals surface area contributed by atoms with Crippen LogP contribution in [0.3, 0.4) is 0 Å². The van der Waals surface area contributed by atoms with Crippen molar-refractivity contribution in [1.82, 2.24) is 4.31 Å². The molecule has 0 aliphatic rings. The minimum absolute atomic E-state index is 0.811. The van der Waals surface area contributed by atoms with E-state index in [2.05, 4.69) is 32.0 Å². The molecule has 0 N–H and O–H groups in total. The first kappa shape index (κ1) is 16.7. The largest absolute Gasteiger partial charge is 0.251 e. The van der Waals surface area contributed by atoms with E-state index in [0.717, 1.165) is 5.92 Å². The Balaban J connectivity index is 0. The molecule has 0 spiro atoms. The highest BCUT2D eigenvalue weighted by atomic mass is 32.2. The quantitative estimate of drug-likeness (QED) is 0.582. The van der Waals surface area contributed by atoms with Crippen molar-refractivity contribution in [3.63, 3.8) is 0 Å². The van der Waals surface area contributed by atoms with Gasteiger partial charge in [-0.05, 0) is 18.8 Å². The average Bonchev–Trinajstić information content (AvgIpc) is 2.18. The van der Waals surface area contributed by atoms with Crippen LogP contribution in [0.1, 0.15) is 54.4 Å². The second-order valence-corrected chi connectivity index (χ2v) is 4.73. The lowest BCUT2D eigenvalue weighted by Crippen LogP contribution is -2.19. The highest BCUT2D eigenvalue weighted by Crippen LogP contribution is 2.14. The van der Waals surface area contributed by atoms with Gasteiger partial charge in [0, 0.05) is 18.8 Å². The minimum atomic E-state index is 0.811. The van der Waals surface area contributed by atoms with Gasteiger partial charge >= 0.3 is 0 Å². The fourth-order valence-corrected chi connectivity index (χ4v) is 2.13. The van der Waals surface area contributed by atoms with Crippen molar-refractivity contribution in [1.29, 1.82) is 0 Å². The van der Waals surface area contributed by atoms with Crippen LogP contribution in [0.15, 0.2) is 0 Å². The second-order valence-electron chi connectivity index (χ2n) is 3.62. The minimum Gasteiger partial charge on any atom is -0.251 e. The van der Waals surface area contributed by atoms with E-state index in [-0.39, 0.29) is 0 Å². The number of nitrogens with zero attached hydrogens (tertiary/aromatic N) is 1. The van der Waals surface area contributed by atoms with Crippen molar-refractivity contribution in [2.75, 3.05) is 18.8 Å². The third-order valence-electron chi connectivity index (χ3n) is 1.54. The SMILES string of the molecule is CC.CCCN(CCC)SCC(C)C. The normalized spacial score (nSPS) is 10.3. The summed E-state index contributed by atoms with van der Waals surface area (Å²) in [5.74, 6) is 2.08. The zero-order chi connectivity index (χ0) is 11.4. The van der Waals surface area contributed by atoms with Crippen LogP contribution in [0.5, 0.6) is 0 Å². The van der Waals surface area contributed by atoms with Crippen LogP contribution in [-0.4, -0.2) is 23.1 Å². The van der Waals surface area contributed by atoms with Crippen LogP contribution in [0.25, 0.3) is 0 Å². The predicted molar refractivity (Wildman–Crippen MR) is 70.8 cm³/mol. The van der Waals surface area contributed by atoms with Gasteiger partial charge in [-0.25, -0.2) is 0 Å². The monoisotopic (exact) mass is 219 g/mol. The molecule has 0 atom stereocenters. The Bertz CT molecular complexity index is 88.3. The Labute approximate surface area is 95.8 Å². The highest BCUT2D eigenvalue weighted by molar-refractivity contribution is 7.97. The molecule has 0 saturated carbocycles. The maximum absolute atomic E-state index is 2.50. The summed E-state index contributed by atoms with van der Waals surface area (Å²) in [7, 11) is 0. The molecule has 0 radical (unpaired) electrons. The van der Waals surface area contributed by atoms with Gasteiger partial charge in [0.2, 0.25) is 0 Å². The van der Waals surface area contributed by atoms with Gasteiger partial charge in [-0.1, -0.05) is 53.5 Å². The van der Waals surface area contributed by atoms with E-state index in [1.807, 2.05) is 25.8 Å². The summed E-state index contributed by atoms with van der Waals surface area (Å²) >= 11 is 2.01. The highest BCUT2D eigenvalue weighted by Gasteiger charge is 2.03. The molecule has 0 rings (SSSR count). The third kappa shape index (κ3) is 12.3. The fourth-order valence-electron chi connectivity index (χ4n) is 0.994. The van der Waals surface area contributed by atoms with Crippen LogP contribution in [-0.2, 0) is 0 Å². The molecule has 2 heteroatoms. The first-order valence-corrected chi connectivity index (χ1v) is 7.02. The van der Waals surface area contributed by atoms with Crippen molar-refractivity contribution in [3.8, 4) is 0 Å². The molecule has 0 amide bonds. The molecular weight excluding hydrogens is 190 g/mol. The first-order chi connectivity index (χ1) is 6.70. The molecule has 0 saturated heterocycles. The van der Waals surface area contributed by atoms with E-state index in [4.69, 9.17) is 0 Å². The molecule has 0 fully saturated rings. The van der Waals surface area contributed by atoms with Crippen LogP contribution in [0, 0.1) is 5.92 Å². The number of hydrogen-bond acceptors (Lipinski definition) is 2. The van der Waals surface area contributed by atoms with Crippen LogP contribution < -0.4 is 0 Å². The van der Waals surface area contributed by atoms with Crippen molar-refractivity contribution in [2.24, 2.45) is 5.92 Å². The van der Waals surface area contributed by atoms with E-state index in [1.165, 1.54) is 31.7 Å². The molecule has 0 aliphatic carbocycles. The van der Waals surface area contributed by atoms with Crippen molar-refractivity contribution >= 4 is 11.9 Å². The lowest BCUT2D eigenvalue weighted by Gasteiger charge is -2.20. The molecule has 88 valence electrons. The zero-order valence-electron chi connectivity index (χ0n) is 11.0. The van der Waals surface area contributed by atoms with Crippen molar-refractivity contribution in [3.05, 3.63) is 0 Å². The van der Waals surface area contributed by atoms with Gasteiger partial charge in [-0.15, -0.1) is 0 Å². The van der Waals surface area contributed by atoms with Gasteiger partial charge in [0.05, 0.1) is 0 Å². The van der Waals surface area contributed by atoms with E-state index in [0.29, 0.717) is 0 Å². The third-order valence-corrected chi connectivity index (χ3v) is 3.08. The zero-order valence-corrected chi connectivity index (χ0v) is 11.8. The molecule has 14 heavy (non-hydrogen) atoms. The maximum atomic E-state index is 2.50. The lowest BCUT2D eigenvalue weighted by atomic mass is 10.3. The van der Waals surface area contributed by atoms with Gasteiger partial charge < -0.3 is 0 Å². The van der Waals surface area contributed by atoms with Crippen LogP contribution in [0.2, 0.25) is 0 Å². The Morgan fingerprint density at radius 3 is 1.71 bits per heavy atom. The van der Waals surface area contributed by atoms with Gasteiger partial charge in [0.1, 0.15) is 0 Å². The Kier molecular flexibility index (Phi) is 15.9. The van der Waals surface area contributed by atoms with E-state index < -0.39 is 0 Å². The molecule has 0 aromatic heterocycles. The maximum Gasteiger partial charge on any atom is 0.0104 e. The first-order valence-electron chi connectivity index (χ1n) is 6.08.